The Labute approximate surface area is 118 Å². The molecule has 1 aromatic carbocycles. The Balaban J connectivity index is 1.69. The molecule has 4 nitrogen and oxygen atoms in total. The first kappa shape index (κ1) is 13.4. The lowest BCUT2D eigenvalue weighted by molar-refractivity contribution is -0.115. The highest BCUT2D eigenvalue weighted by molar-refractivity contribution is 5.31. The van der Waals surface area contributed by atoms with E-state index >= 15 is 0 Å². The fourth-order valence-corrected chi connectivity index (χ4v) is 3.23. The molecule has 0 saturated carbocycles. The van der Waals surface area contributed by atoms with E-state index in [-0.39, 0.29) is 12.2 Å². The van der Waals surface area contributed by atoms with Gasteiger partial charge in [-0.25, -0.2) is 0 Å². The molecule has 2 fully saturated rings. The lowest BCUT2D eigenvalue weighted by Gasteiger charge is -2.36. The van der Waals surface area contributed by atoms with E-state index in [2.05, 4.69) is 0 Å². The van der Waals surface area contributed by atoms with E-state index in [9.17, 15) is 5.11 Å². The summed E-state index contributed by atoms with van der Waals surface area (Å²) >= 11 is 0. The van der Waals surface area contributed by atoms with E-state index in [0.29, 0.717) is 25.9 Å². The monoisotopic (exact) mass is 273 g/mol. The van der Waals surface area contributed by atoms with Gasteiger partial charge in [-0.15, -0.1) is 0 Å². The number of fused-ring (bicyclic) bond motifs is 2. The summed E-state index contributed by atoms with van der Waals surface area (Å²) < 4.78 is 11.2. The van der Waals surface area contributed by atoms with Crippen LogP contribution < -0.4 is 4.74 Å². The van der Waals surface area contributed by atoms with Gasteiger partial charge in [-0.3, -0.25) is 0 Å². The lowest BCUT2D eigenvalue weighted by atomic mass is 9.83. The minimum atomic E-state index is -0.769. The van der Waals surface area contributed by atoms with Gasteiger partial charge in [-0.2, -0.15) is 5.26 Å². The van der Waals surface area contributed by atoms with Gasteiger partial charge in [-0.1, -0.05) is 12.1 Å². The van der Waals surface area contributed by atoms with Crippen LogP contribution in [0, 0.1) is 11.3 Å². The van der Waals surface area contributed by atoms with Crippen LogP contribution in [0.3, 0.4) is 0 Å². The summed E-state index contributed by atoms with van der Waals surface area (Å²) in [5, 5.41) is 19.3. The predicted octanol–water partition coefficient (Wildman–Crippen LogP) is 2.51. The molecule has 2 heterocycles. The fourth-order valence-electron chi connectivity index (χ4n) is 3.23. The van der Waals surface area contributed by atoms with Crippen LogP contribution in [-0.2, 0) is 10.3 Å². The average Bonchev–Trinajstić information content (AvgIpc) is 2.79. The SMILES string of the molecule is N#CCCOc1ccc(C2(O)CC3CCC(C2)O3)cc1. The van der Waals surface area contributed by atoms with Crippen LogP contribution in [0.4, 0.5) is 0 Å². The molecule has 0 amide bonds. The maximum absolute atomic E-state index is 10.9. The predicted molar refractivity (Wildman–Crippen MR) is 73.2 cm³/mol. The maximum atomic E-state index is 10.9. The van der Waals surface area contributed by atoms with E-state index in [1.807, 2.05) is 30.3 Å². The van der Waals surface area contributed by atoms with Crippen molar-refractivity contribution >= 4 is 0 Å². The van der Waals surface area contributed by atoms with Crippen LogP contribution in [0.5, 0.6) is 5.75 Å². The molecule has 2 unspecified atom stereocenters. The Morgan fingerprint density at radius 2 is 1.90 bits per heavy atom. The first-order valence-electron chi connectivity index (χ1n) is 7.18. The highest BCUT2D eigenvalue weighted by atomic mass is 16.5. The molecule has 0 spiro atoms. The number of nitrogens with zero attached hydrogens (tertiary/aromatic N) is 1. The number of aliphatic hydroxyl groups is 1. The molecule has 20 heavy (non-hydrogen) atoms. The summed E-state index contributed by atoms with van der Waals surface area (Å²) in [7, 11) is 0. The number of hydrogen-bond donors (Lipinski definition) is 1. The van der Waals surface area contributed by atoms with Gasteiger partial charge in [-0.05, 0) is 30.5 Å². The standard InChI is InChI=1S/C16H19NO3/c17-8-1-9-19-13-4-2-12(3-5-13)16(18)10-14-6-7-15(11-16)20-14/h2-5,14-15,18H,1,6-7,9-11H2. The smallest absolute Gasteiger partial charge is 0.119 e. The molecule has 2 atom stereocenters. The van der Waals surface area contributed by atoms with E-state index in [0.717, 1.165) is 24.2 Å². The van der Waals surface area contributed by atoms with E-state index in [1.54, 1.807) is 0 Å². The normalized spacial score (nSPS) is 31.8. The van der Waals surface area contributed by atoms with Crippen molar-refractivity contribution in [2.75, 3.05) is 6.61 Å². The van der Waals surface area contributed by atoms with Gasteiger partial charge in [0.1, 0.15) is 12.4 Å². The Bertz CT molecular complexity index is 493. The van der Waals surface area contributed by atoms with Crippen LogP contribution in [0.2, 0.25) is 0 Å². The van der Waals surface area contributed by atoms with Gasteiger partial charge >= 0.3 is 0 Å². The first-order valence-corrected chi connectivity index (χ1v) is 7.18. The molecule has 0 radical (unpaired) electrons. The molecule has 1 aromatic rings. The van der Waals surface area contributed by atoms with Gasteiger partial charge in [0.15, 0.2) is 0 Å². The van der Waals surface area contributed by atoms with E-state index < -0.39 is 5.60 Å². The van der Waals surface area contributed by atoms with Crippen LogP contribution >= 0.6 is 0 Å². The minimum Gasteiger partial charge on any atom is -0.493 e. The molecule has 2 bridgehead atoms. The zero-order chi connectivity index (χ0) is 14.0. The maximum Gasteiger partial charge on any atom is 0.119 e. The highest BCUT2D eigenvalue weighted by Gasteiger charge is 2.44. The topological polar surface area (TPSA) is 62.5 Å². The van der Waals surface area contributed by atoms with Crippen molar-refractivity contribution in [1.29, 1.82) is 5.26 Å². The average molecular weight is 273 g/mol. The number of rotatable bonds is 4. The molecule has 4 heteroatoms. The molecule has 2 aliphatic rings. The van der Waals surface area contributed by atoms with Crippen LogP contribution in [0.25, 0.3) is 0 Å². The minimum absolute atomic E-state index is 0.199. The zero-order valence-corrected chi connectivity index (χ0v) is 11.4. The third-order valence-corrected chi connectivity index (χ3v) is 4.20. The molecular formula is C16H19NO3. The number of hydrogen-bond acceptors (Lipinski definition) is 4. The molecular weight excluding hydrogens is 254 g/mol. The summed E-state index contributed by atoms with van der Waals surface area (Å²) in [5.41, 5.74) is 0.167. The highest BCUT2D eigenvalue weighted by Crippen LogP contribution is 2.44. The van der Waals surface area contributed by atoms with Crippen molar-refractivity contribution in [3.05, 3.63) is 29.8 Å². The van der Waals surface area contributed by atoms with Crippen molar-refractivity contribution in [3.8, 4) is 11.8 Å². The molecule has 3 rings (SSSR count). The van der Waals surface area contributed by atoms with E-state index in [4.69, 9.17) is 14.7 Å². The molecule has 0 aromatic heterocycles. The Hall–Kier alpha value is -1.57. The molecule has 2 saturated heterocycles. The van der Waals surface area contributed by atoms with Crippen molar-refractivity contribution in [1.82, 2.24) is 0 Å². The van der Waals surface area contributed by atoms with Crippen molar-refractivity contribution in [2.24, 2.45) is 0 Å². The Kier molecular flexibility index (Phi) is 3.64. The Morgan fingerprint density at radius 3 is 2.50 bits per heavy atom. The van der Waals surface area contributed by atoms with Gasteiger partial charge in [0, 0.05) is 12.8 Å². The third-order valence-electron chi connectivity index (χ3n) is 4.20. The van der Waals surface area contributed by atoms with Gasteiger partial charge in [0.05, 0.1) is 30.3 Å². The molecule has 0 aliphatic carbocycles. The van der Waals surface area contributed by atoms with Gasteiger partial charge < -0.3 is 14.6 Å². The fraction of sp³-hybridized carbons (Fsp3) is 0.562. The van der Waals surface area contributed by atoms with Crippen LogP contribution in [-0.4, -0.2) is 23.9 Å². The second kappa shape index (κ2) is 5.43. The van der Waals surface area contributed by atoms with Crippen LogP contribution in [0.1, 0.15) is 37.7 Å². The molecule has 2 aliphatic heterocycles. The number of nitriles is 1. The lowest BCUT2D eigenvalue weighted by Crippen LogP contribution is -2.38. The van der Waals surface area contributed by atoms with Crippen LogP contribution in [0.15, 0.2) is 24.3 Å². The van der Waals surface area contributed by atoms with Gasteiger partial charge in [0.25, 0.3) is 0 Å². The quantitative estimate of drug-likeness (QED) is 0.856. The first-order chi connectivity index (χ1) is 9.69. The summed E-state index contributed by atoms with van der Waals surface area (Å²) in [4.78, 5) is 0. The van der Waals surface area contributed by atoms with E-state index in [1.165, 1.54) is 0 Å². The largest absolute Gasteiger partial charge is 0.493 e. The van der Waals surface area contributed by atoms with Crippen molar-refractivity contribution in [3.63, 3.8) is 0 Å². The number of ether oxygens (including phenoxy) is 2. The summed E-state index contributed by atoms with van der Waals surface area (Å²) in [6.45, 7) is 0.401. The van der Waals surface area contributed by atoms with Crippen molar-refractivity contribution in [2.45, 2.75) is 49.9 Å². The second-order valence-electron chi connectivity index (χ2n) is 5.68. The Morgan fingerprint density at radius 1 is 1.25 bits per heavy atom. The molecule has 1 N–H and O–H groups in total. The van der Waals surface area contributed by atoms with Gasteiger partial charge in [0.2, 0.25) is 0 Å². The number of benzene rings is 1. The summed E-state index contributed by atoms with van der Waals surface area (Å²) in [6.07, 6.45) is 4.25. The third kappa shape index (κ3) is 2.65. The summed E-state index contributed by atoms with van der Waals surface area (Å²) in [5.74, 6) is 0.739. The van der Waals surface area contributed by atoms with Crippen molar-refractivity contribution < 1.29 is 14.6 Å². The summed E-state index contributed by atoms with van der Waals surface area (Å²) in [6, 6.07) is 9.62. The second-order valence-corrected chi connectivity index (χ2v) is 5.68. The zero-order valence-electron chi connectivity index (χ0n) is 11.4. The molecule has 106 valence electrons.